The molecule has 10 fully saturated rings. The second-order valence-electron chi connectivity index (χ2n) is 19.0. The van der Waals surface area contributed by atoms with Gasteiger partial charge in [0.15, 0.2) is 0 Å². The molecule has 1 aromatic rings. The van der Waals surface area contributed by atoms with Crippen LogP contribution in [0.15, 0.2) is 18.2 Å². The van der Waals surface area contributed by atoms with Gasteiger partial charge in [-0.05, 0) is 140 Å². The summed E-state index contributed by atoms with van der Waals surface area (Å²) in [6, 6.07) is 8.94. The number of piperazine rings is 2. The first-order valence-corrected chi connectivity index (χ1v) is 25.5. The molecule has 8 saturated carbocycles. The Balaban J connectivity index is 1.15. The molecule has 8 bridgehead atoms. The highest BCUT2D eigenvalue weighted by atomic mass is 31.1. The summed E-state index contributed by atoms with van der Waals surface area (Å²) in [5.74, 6) is 8.53. The van der Waals surface area contributed by atoms with Gasteiger partial charge in [0.2, 0.25) is 0 Å². The predicted octanol–water partition coefficient (Wildman–Crippen LogP) is 6.06. The minimum absolute atomic E-state index is 0.0407. The maximum Gasteiger partial charge on any atom is 0.0776 e. The Kier molecular flexibility index (Phi) is 8.66. The van der Waals surface area contributed by atoms with E-state index in [0.29, 0.717) is 12.1 Å². The molecular formula is C39H64N4P2Si. The summed E-state index contributed by atoms with van der Waals surface area (Å²) < 4.78 is 0. The molecule has 0 aromatic heterocycles. The van der Waals surface area contributed by atoms with E-state index in [2.05, 4.69) is 68.3 Å². The Morgan fingerprint density at radius 3 is 1.52 bits per heavy atom. The van der Waals surface area contributed by atoms with Crippen LogP contribution in [0.3, 0.4) is 0 Å². The number of hydrogen-bond acceptors (Lipinski definition) is 4. The Hall–Kier alpha value is 0.137. The fourth-order valence-electron chi connectivity index (χ4n) is 13.7. The molecule has 46 heavy (non-hydrogen) atoms. The van der Waals surface area contributed by atoms with Gasteiger partial charge in [0, 0.05) is 56.5 Å². The average molecular weight is 679 g/mol. The zero-order valence-corrected chi connectivity index (χ0v) is 32.3. The lowest BCUT2D eigenvalue weighted by Gasteiger charge is -2.62. The van der Waals surface area contributed by atoms with Gasteiger partial charge in [-0.2, -0.15) is 0 Å². The van der Waals surface area contributed by atoms with Gasteiger partial charge < -0.3 is 21.3 Å². The number of nitrogens with one attached hydrogen (secondary N) is 4. The van der Waals surface area contributed by atoms with Crippen LogP contribution in [0.25, 0.3) is 0 Å². The molecule has 1 aromatic carbocycles. The van der Waals surface area contributed by atoms with Crippen LogP contribution >= 0.6 is 17.2 Å². The first-order chi connectivity index (χ1) is 22.2. The normalized spacial score (nSPS) is 45.1. The Bertz CT molecular complexity index is 1150. The molecule has 0 radical (unpaired) electrons. The highest BCUT2D eigenvalue weighted by molar-refractivity contribution is 7.58. The van der Waals surface area contributed by atoms with Gasteiger partial charge >= 0.3 is 0 Å². The predicted molar refractivity (Wildman–Crippen MR) is 202 cm³/mol. The van der Waals surface area contributed by atoms with Crippen molar-refractivity contribution in [1.82, 2.24) is 21.3 Å². The van der Waals surface area contributed by atoms with Crippen LogP contribution in [-0.2, 0) is 11.3 Å². The molecule has 11 rings (SSSR count). The van der Waals surface area contributed by atoms with Crippen molar-refractivity contribution < 1.29 is 0 Å². The van der Waals surface area contributed by atoms with Crippen molar-refractivity contribution in [2.75, 3.05) is 39.3 Å². The molecule has 0 spiro atoms. The maximum absolute atomic E-state index is 4.07. The molecule has 2 saturated heterocycles. The van der Waals surface area contributed by atoms with E-state index in [4.69, 9.17) is 0 Å². The van der Waals surface area contributed by atoms with E-state index in [0.717, 1.165) is 97.9 Å². The fourth-order valence-corrected chi connectivity index (χ4v) is 20.2. The molecule has 4 N–H and O–H groups in total. The molecule has 8 aliphatic carbocycles. The summed E-state index contributed by atoms with van der Waals surface area (Å²) in [4.78, 5) is 0. The van der Waals surface area contributed by atoms with Crippen molar-refractivity contribution in [3.05, 3.63) is 29.3 Å². The first kappa shape index (κ1) is 32.1. The molecule has 10 aliphatic rings. The Labute approximate surface area is 285 Å². The zero-order chi connectivity index (χ0) is 31.2. The fraction of sp³-hybridized carbons (Fsp3) is 0.846. The van der Waals surface area contributed by atoms with E-state index in [9.17, 15) is 0 Å². The van der Waals surface area contributed by atoms with Crippen LogP contribution in [0.5, 0.6) is 0 Å². The van der Waals surface area contributed by atoms with Gasteiger partial charge in [-0.25, -0.2) is 0 Å². The van der Waals surface area contributed by atoms with Crippen molar-refractivity contribution in [3.63, 3.8) is 0 Å². The lowest BCUT2D eigenvalue weighted by Crippen LogP contribution is -2.67. The molecule has 3 atom stereocenters. The van der Waals surface area contributed by atoms with Gasteiger partial charge in [-0.3, -0.25) is 0 Å². The van der Waals surface area contributed by atoms with Crippen LogP contribution in [0, 0.1) is 47.3 Å². The molecule has 4 nitrogen and oxygen atoms in total. The van der Waals surface area contributed by atoms with Crippen LogP contribution in [0.4, 0.5) is 0 Å². The standard InChI is InChI=1S/C39H64N4P2Si/c1-46(2,3)33-5-4-28(34(20-33)39(44,35-21-40-6-8-42-35)36-22-41-7-9-43-36)23-45(37-29-12-24-10-25(14-29)15-30(37)13-24)38-31-16-26-11-27(18-31)19-32(38)17-26/h4-5,20,24-27,29-32,35-38,40-43H,6-19,21-23,44H2,1-3H3. The van der Waals surface area contributed by atoms with Crippen LogP contribution in [0.1, 0.15) is 75.3 Å². The quantitative estimate of drug-likeness (QED) is 0.200. The van der Waals surface area contributed by atoms with Gasteiger partial charge in [-0.1, -0.05) is 50.9 Å². The summed E-state index contributed by atoms with van der Waals surface area (Å²) in [5.41, 5.74) is 5.56. The lowest BCUT2D eigenvalue weighted by molar-refractivity contribution is 0.0129. The topological polar surface area (TPSA) is 48.1 Å². The average Bonchev–Trinajstić information content (AvgIpc) is 3.04. The number of benzene rings is 1. The van der Waals surface area contributed by atoms with Crippen molar-refractivity contribution in [3.8, 4) is 0 Å². The largest absolute Gasteiger partial charge is 0.314 e. The van der Waals surface area contributed by atoms with Crippen molar-refractivity contribution >= 4 is 30.4 Å². The van der Waals surface area contributed by atoms with Gasteiger partial charge in [0.1, 0.15) is 0 Å². The molecule has 2 aliphatic heterocycles. The van der Waals surface area contributed by atoms with E-state index in [1.54, 1.807) is 80.5 Å². The van der Waals surface area contributed by atoms with E-state index in [-0.39, 0.29) is 13.1 Å². The Morgan fingerprint density at radius 2 is 1.13 bits per heavy atom. The third-order valence-corrected chi connectivity index (χ3v) is 22.2. The van der Waals surface area contributed by atoms with Crippen molar-refractivity contribution in [1.29, 1.82) is 0 Å². The highest BCUT2D eigenvalue weighted by Gasteiger charge is 2.57. The minimum Gasteiger partial charge on any atom is -0.314 e. The SMILES string of the molecule is C[Si](C)(C)c1ccc(CP(C2C3CC4CC(C3)CC2C4)C2C3CC4CC(C3)CC2C4)c(C(P)(C2CNCCN2)C2CNCCN2)c1. The highest BCUT2D eigenvalue weighted by Crippen LogP contribution is 2.72. The van der Waals surface area contributed by atoms with E-state index in [1.165, 1.54) is 6.16 Å². The zero-order valence-electron chi connectivity index (χ0n) is 29.2. The Morgan fingerprint density at radius 1 is 0.674 bits per heavy atom. The smallest absolute Gasteiger partial charge is 0.0776 e. The third kappa shape index (κ3) is 5.60. The van der Waals surface area contributed by atoms with Crippen molar-refractivity contribution in [2.24, 2.45) is 47.3 Å². The molecule has 254 valence electrons. The van der Waals surface area contributed by atoms with Gasteiger partial charge in [0.25, 0.3) is 0 Å². The molecule has 7 heteroatoms. The van der Waals surface area contributed by atoms with Crippen molar-refractivity contribution in [2.45, 2.75) is 119 Å². The summed E-state index contributed by atoms with van der Waals surface area (Å²) in [6.07, 6.45) is 17.3. The van der Waals surface area contributed by atoms with Crippen LogP contribution in [0.2, 0.25) is 19.6 Å². The summed E-state index contributed by atoms with van der Waals surface area (Å²) >= 11 is 0. The number of rotatable bonds is 8. The van der Waals surface area contributed by atoms with Crippen LogP contribution < -0.4 is 26.5 Å². The number of hydrogen-bond donors (Lipinski definition) is 4. The summed E-state index contributed by atoms with van der Waals surface area (Å²) in [6.45, 7) is 14.1. The second-order valence-corrected chi connectivity index (χ2v) is 27.6. The first-order valence-electron chi connectivity index (χ1n) is 19.8. The molecule has 3 unspecified atom stereocenters. The van der Waals surface area contributed by atoms with Crippen LogP contribution in [-0.4, -0.2) is 70.7 Å². The molecule has 2 heterocycles. The third-order valence-electron chi connectivity index (χ3n) is 15.2. The monoisotopic (exact) mass is 678 g/mol. The van der Waals surface area contributed by atoms with E-state index in [1.807, 2.05) is 0 Å². The van der Waals surface area contributed by atoms with Gasteiger partial charge in [0.05, 0.1) is 8.07 Å². The second kappa shape index (κ2) is 12.4. The maximum atomic E-state index is 4.07. The molecule has 0 amide bonds. The summed E-state index contributed by atoms with van der Waals surface area (Å²) in [7, 11) is 2.04. The lowest BCUT2D eigenvalue weighted by atomic mass is 9.55. The van der Waals surface area contributed by atoms with Gasteiger partial charge in [-0.15, -0.1) is 9.24 Å². The minimum atomic E-state index is -1.49. The van der Waals surface area contributed by atoms with E-state index < -0.39 is 8.07 Å². The van der Waals surface area contributed by atoms with E-state index >= 15 is 0 Å². The molecular weight excluding hydrogens is 614 g/mol. The summed E-state index contributed by atoms with van der Waals surface area (Å²) in [5, 5.41) is 17.4.